The molecular weight excluding hydrogens is 394 g/mol. The number of benzene rings is 2. The largest absolute Gasteiger partial charge is 0.318 e. The molecule has 5 rings (SSSR count). The Labute approximate surface area is 189 Å². The molecule has 0 saturated carbocycles. The van der Waals surface area contributed by atoms with Crippen LogP contribution in [0.25, 0.3) is 17.1 Å². The Kier molecular flexibility index (Phi) is 5.48. The molecule has 4 aromatic rings. The second-order valence-electron chi connectivity index (χ2n) is 8.70. The summed E-state index contributed by atoms with van der Waals surface area (Å²) in [5.74, 6) is 2.09. The van der Waals surface area contributed by atoms with Crippen molar-refractivity contribution in [1.82, 2.24) is 19.3 Å². The predicted molar refractivity (Wildman–Crippen MR) is 130 cm³/mol. The Morgan fingerprint density at radius 3 is 2.44 bits per heavy atom. The maximum absolute atomic E-state index is 4.74. The van der Waals surface area contributed by atoms with Crippen LogP contribution in [0.15, 0.2) is 59.6 Å². The zero-order chi connectivity index (χ0) is 22.1. The number of hydrogen-bond donors (Lipinski definition) is 0. The lowest BCUT2D eigenvalue weighted by molar-refractivity contribution is 0.636. The van der Waals surface area contributed by atoms with Crippen molar-refractivity contribution in [1.29, 1.82) is 0 Å². The molecule has 0 atom stereocenters. The highest BCUT2D eigenvalue weighted by molar-refractivity contribution is 5.84. The molecule has 0 aliphatic carbocycles. The molecular formula is C27H29N5. The van der Waals surface area contributed by atoms with E-state index in [9.17, 15) is 0 Å². The van der Waals surface area contributed by atoms with Crippen molar-refractivity contribution in [2.45, 2.75) is 53.0 Å². The van der Waals surface area contributed by atoms with Gasteiger partial charge >= 0.3 is 0 Å². The molecule has 0 saturated heterocycles. The van der Waals surface area contributed by atoms with Crippen LogP contribution in [0.1, 0.15) is 47.6 Å². The summed E-state index contributed by atoms with van der Waals surface area (Å²) in [5, 5.41) is 8.89. The van der Waals surface area contributed by atoms with E-state index in [1.807, 2.05) is 6.21 Å². The highest BCUT2D eigenvalue weighted by atomic mass is 15.3. The first-order valence-corrected chi connectivity index (χ1v) is 11.4. The minimum absolute atomic E-state index is 0.935. The van der Waals surface area contributed by atoms with Crippen molar-refractivity contribution < 1.29 is 0 Å². The standard InChI is InChI=1S/C27H29N5/c1-19-8-14-25(15-9-19)32-20(2)17-23(21(32)3)18-28-24-12-10-22(11-13-24)27-30-29-26-7-5-4-6-16-31(26)27/h8-15,17-18H,4-7,16H2,1-3H3. The van der Waals surface area contributed by atoms with Crippen LogP contribution >= 0.6 is 0 Å². The lowest BCUT2D eigenvalue weighted by Gasteiger charge is -2.09. The number of nitrogens with zero attached hydrogens (tertiary/aromatic N) is 5. The van der Waals surface area contributed by atoms with Crippen LogP contribution in [0.3, 0.4) is 0 Å². The van der Waals surface area contributed by atoms with E-state index in [-0.39, 0.29) is 0 Å². The highest BCUT2D eigenvalue weighted by Gasteiger charge is 2.16. The second-order valence-corrected chi connectivity index (χ2v) is 8.70. The summed E-state index contributed by atoms with van der Waals surface area (Å²) in [4.78, 5) is 4.74. The Hall–Kier alpha value is -3.47. The topological polar surface area (TPSA) is 48.0 Å². The van der Waals surface area contributed by atoms with Gasteiger partial charge < -0.3 is 9.13 Å². The van der Waals surface area contributed by atoms with Gasteiger partial charge in [0.05, 0.1) is 5.69 Å². The molecule has 0 radical (unpaired) electrons. The quantitative estimate of drug-likeness (QED) is 0.370. The highest BCUT2D eigenvalue weighted by Crippen LogP contribution is 2.25. The van der Waals surface area contributed by atoms with Gasteiger partial charge in [-0.25, -0.2) is 0 Å². The molecule has 1 aliphatic rings. The van der Waals surface area contributed by atoms with Crippen LogP contribution in [-0.2, 0) is 13.0 Å². The summed E-state index contributed by atoms with van der Waals surface area (Å²) < 4.78 is 4.56. The maximum Gasteiger partial charge on any atom is 0.163 e. The van der Waals surface area contributed by atoms with E-state index in [0.29, 0.717) is 0 Å². The molecule has 0 fully saturated rings. The third-order valence-corrected chi connectivity index (χ3v) is 6.35. The minimum atomic E-state index is 0.935. The van der Waals surface area contributed by atoms with Crippen molar-refractivity contribution in [3.63, 3.8) is 0 Å². The molecule has 32 heavy (non-hydrogen) atoms. The van der Waals surface area contributed by atoms with Crippen LogP contribution in [-0.4, -0.2) is 25.5 Å². The van der Waals surface area contributed by atoms with Crippen LogP contribution in [0.5, 0.6) is 0 Å². The van der Waals surface area contributed by atoms with Crippen LogP contribution in [0.2, 0.25) is 0 Å². The van der Waals surface area contributed by atoms with Crippen LogP contribution < -0.4 is 0 Å². The molecule has 0 spiro atoms. The van der Waals surface area contributed by atoms with Crippen molar-refractivity contribution in [2.75, 3.05) is 0 Å². The predicted octanol–water partition coefficient (Wildman–Crippen LogP) is 6.14. The van der Waals surface area contributed by atoms with E-state index < -0.39 is 0 Å². The van der Waals surface area contributed by atoms with Crippen LogP contribution in [0.4, 0.5) is 5.69 Å². The van der Waals surface area contributed by atoms with Gasteiger partial charge in [-0.1, -0.05) is 24.1 Å². The van der Waals surface area contributed by atoms with E-state index in [1.54, 1.807) is 0 Å². The average Bonchev–Trinajstić information content (AvgIpc) is 3.23. The zero-order valence-electron chi connectivity index (χ0n) is 19.0. The molecule has 3 heterocycles. The third kappa shape index (κ3) is 3.91. The van der Waals surface area contributed by atoms with Gasteiger partial charge in [-0.3, -0.25) is 4.99 Å². The number of aryl methyl sites for hydroxylation is 3. The van der Waals surface area contributed by atoms with Gasteiger partial charge in [-0.15, -0.1) is 10.2 Å². The van der Waals surface area contributed by atoms with Crippen LogP contribution in [0, 0.1) is 20.8 Å². The van der Waals surface area contributed by atoms with Gasteiger partial charge in [0.1, 0.15) is 5.82 Å². The summed E-state index contributed by atoms with van der Waals surface area (Å²) in [7, 11) is 0. The Balaban J connectivity index is 1.38. The smallest absolute Gasteiger partial charge is 0.163 e. The number of aromatic nitrogens is 4. The molecule has 0 amide bonds. The summed E-state index contributed by atoms with van der Waals surface area (Å²) in [6, 6.07) is 19.1. The molecule has 0 unspecified atom stereocenters. The molecule has 5 nitrogen and oxygen atoms in total. The summed E-state index contributed by atoms with van der Waals surface area (Å²) >= 11 is 0. The fourth-order valence-electron chi connectivity index (χ4n) is 4.55. The first-order chi connectivity index (χ1) is 15.6. The normalized spacial score (nSPS) is 14.0. The van der Waals surface area contributed by atoms with E-state index in [0.717, 1.165) is 41.4 Å². The van der Waals surface area contributed by atoms with E-state index in [1.165, 1.54) is 41.9 Å². The number of fused-ring (bicyclic) bond motifs is 1. The monoisotopic (exact) mass is 423 g/mol. The van der Waals surface area contributed by atoms with E-state index in [4.69, 9.17) is 4.99 Å². The molecule has 2 aromatic carbocycles. The zero-order valence-corrected chi connectivity index (χ0v) is 19.0. The molecule has 0 bridgehead atoms. The van der Waals surface area contributed by atoms with Crippen molar-refractivity contribution in [3.05, 3.63) is 82.9 Å². The molecule has 162 valence electrons. The molecule has 1 aliphatic heterocycles. The Morgan fingerprint density at radius 2 is 1.66 bits per heavy atom. The summed E-state index contributed by atoms with van der Waals surface area (Å²) in [6.45, 7) is 7.41. The average molecular weight is 424 g/mol. The molecule has 2 aromatic heterocycles. The van der Waals surface area contributed by atoms with Gasteiger partial charge in [0, 0.05) is 47.4 Å². The van der Waals surface area contributed by atoms with Gasteiger partial charge in [0.15, 0.2) is 5.82 Å². The molecule has 5 heteroatoms. The first kappa shape index (κ1) is 20.4. The number of aliphatic imine (C=N–C) groups is 1. The second kappa shape index (κ2) is 8.58. The fraction of sp³-hybridized carbons (Fsp3) is 0.296. The first-order valence-electron chi connectivity index (χ1n) is 11.4. The van der Waals surface area contributed by atoms with Gasteiger partial charge in [0.25, 0.3) is 0 Å². The van der Waals surface area contributed by atoms with E-state index in [2.05, 4.69) is 94.7 Å². The van der Waals surface area contributed by atoms with Crippen molar-refractivity contribution in [3.8, 4) is 17.1 Å². The summed E-state index contributed by atoms with van der Waals surface area (Å²) in [5.41, 5.74) is 8.01. The fourth-order valence-corrected chi connectivity index (χ4v) is 4.55. The summed E-state index contributed by atoms with van der Waals surface area (Å²) in [6.07, 6.45) is 6.65. The molecule has 0 N–H and O–H groups in total. The minimum Gasteiger partial charge on any atom is -0.318 e. The lowest BCUT2D eigenvalue weighted by Crippen LogP contribution is -2.02. The van der Waals surface area contributed by atoms with Crippen molar-refractivity contribution >= 4 is 11.9 Å². The Morgan fingerprint density at radius 1 is 0.875 bits per heavy atom. The number of hydrogen-bond acceptors (Lipinski definition) is 3. The van der Waals surface area contributed by atoms with Gasteiger partial charge in [-0.05, 0) is 76.1 Å². The van der Waals surface area contributed by atoms with E-state index >= 15 is 0 Å². The number of rotatable bonds is 4. The Bertz CT molecular complexity index is 1260. The SMILES string of the molecule is Cc1ccc(-n2c(C)cc(C=Nc3ccc(-c4nnc5n4CCCCC5)cc3)c2C)cc1. The van der Waals surface area contributed by atoms with Crippen molar-refractivity contribution in [2.24, 2.45) is 4.99 Å². The maximum atomic E-state index is 4.74. The lowest BCUT2D eigenvalue weighted by atomic mass is 10.2. The van der Waals surface area contributed by atoms with Gasteiger partial charge in [-0.2, -0.15) is 0 Å². The third-order valence-electron chi connectivity index (χ3n) is 6.35. The van der Waals surface area contributed by atoms with Gasteiger partial charge in [0.2, 0.25) is 0 Å².